The summed E-state index contributed by atoms with van der Waals surface area (Å²) in [6.07, 6.45) is 58.9. The minimum atomic E-state index is -4.31. The Labute approximate surface area is 392 Å². The van der Waals surface area contributed by atoms with Crippen LogP contribution in [0.15, 0.2) is 0 Å². The fourth-order valence-corrected chi connectivity index (χ4v) is 9.73. The molecule has 0 radical (unpaired) electrons. The Hall–Kier alpha value is -0.500. The van der Waals surface area contributed by atoms with Crippen LogP contribution in [0.5, 0.6) is 0 Å². The van der Waals surface area contributed by atoms with Crippen molar-refractivity contribution in [2.75, 3.05) is 19.8 Å². The molecule has 0 spiro atoms. The van der Waals surface area contributed by atoms with Crippen molar-refractivity contribution < 1.29 is 28.4 Å². The standard InChI is InChI=1S/C54H111N2O6P/c1-3-5-7-9-11-13-15-16-17-18-19-20-21-22-23-24-25-26-27-28-29-30-31-32-33-34-35-36-37-38-40-42-44-46-48-54(58)56-52(51-62-63(59,60)61-50-49-55)53(57)47-45-43-41-39-14-12-10-8-6-4-2/h52-53,57H,3-51,55H2,1-2H3,(H,56,58)(H,59,60)/t52-,53+/m0/s1. The average Bonchev–Trinajstić information content (AvgIpc) is 3.27. The van der Waals surface area contributed by atoms with Crippen LogP contribution >= 0.6 is 7.82 Å². The second kappa shape index (κ2) is 50.9. The molecule has 0 aliphatic rings. The zero-order valence-electron chi connectivity index (χ0n) is 42.4. The molecular formula is C54H111N2O6P. The summed E-state index contributed by atoms with van der Waals surface area (Å²) in [5, 5.41) is 13.8. The zero-order chi connectivity index (χ0) is 46.0. The second-order valence-corrected chi connectivity index (χ2v) is 21.0. The normalized spacial score (nSPS) is 13.7. The van der Waals surface area contributed by atoms with Crippen LogP contribution < -0.4 is 11.1 Å². The van der Waals surface area contributed by atoms with E-state index in [1.165, 1.54) is 244 Å². The molecule has 0 saturated carbocycles. The molecule has 8 nitrogen and oxygen atoms in total. The number of nitrogens with two attached hydrogens (primary N) is 1. The van der Waals surface area contributed by atoms with E-state index in [9.17, 15) is 19.4 Å². The Kier molecular flexibility index (Phi) is 50.5. The fraction of sp³-hybridized carbons (Fsp3) is 0.981. The maximum absolute atomic E-state index is 12.8. The van der Waals surface area contributed by atoms with Gasteiger partial charge in [-0.15, -0.1) is 0 Å². The van der Waals surface area contributed by atoms with Gasteiger partial charge >= 0.3 is 7.82 Å². The van der Waals surface area contributed by atoms with E-state index in [1.807, 2.05) is 0 Å². The number of nitrogens with one attached hydrogen (secondary N) is 1. The Morgan fingerprint density at radius 3 is 1.02 bits per heavy atom. The summed E-state index contributed by atoms with van der Waals surface area (Å²) >= 11 is 0. The predicted molar refractivity (Wildman–Crippen MR) is 272 cm³/mol. The lowest BCUT2D eigenvalue weighted by Crippen LogP contribution is -2.46. The Balaban J connectivity index is 3.70. The first-order valence-electron chi connectivity index (χ1n) is 28.2. The van der Waals surface area contributed by atoms with Crippen molar-refractivity contribution in [1.82, 2.24) is 5.32 Å². The number of phosphoric ester groups is 1. The maximum Gasteiger partial charge on any atom is 0.472 e. The van der Waals surface area contributed by atoms with Crippen molar-refractivity contribution in [3.05, 3.63) is 0 Å². The van der Waals surface area contributed by atoms with Gasteiger partial charge in [0.15, 0.2) is 0 Å². The number of carbonyl (C=O) groups excluding carboxylic acids is 1. The van der Waals surface area contributed by atoms with Crippen molar-refractivity contribution in [3.8, 4) is 0 Å². The molecule has 0 bridgehead atoms. The number of carbonyl (C=O) groups is 1. The van der Waals surface area contributed by atoms with Gasteiger partial charge in [0.05, 0.1) is 25.4 Å². The molecule has 1 unspecified atom stereocenters. The van der Waals surface area contributed by atoms with E-state index in [4.69, 9.17) is 14.8 Å². The van der Waals surface area contributed by atoms with Crippen molar-refractivity contribution in [2.45, 2.75) is 321 Å². The van der Waals surface area contributed by atoms with Crippen molar-refractivity contribution >= 4 is 13.7 Å². The van der Waals surface area contributed by atoms with Gasteiger partial charge in [-0.2, -0.15) is 0 Å². The Bertz CT molecular complexity index is 957. The lowest BCUT2D eigenvalue weighted by molar-refractivity contribution is -0.123. The monoisotopic (exact) mass is 915 g/mol. The SMILES string of the molecule is CCCCCCCCCCCCCCCCCCCCCCCCCCCCCCCCCCCCC(=O)N[C@@H](COP(=O)(O)OCCN)[C@H](O)CCCCCCCCCCCC. The number of aliphatic hydroxyl groups is 1. The third-order valence-electron chi connectivity index (χ3n) is 13.2. The number of phosphoric acid groups is 1. The molecule has 9 heteroatoms. The highest BCUT2D eigenvalue weighted by molar-refractivity contribution is 7.47. The van der Waals surface area contributed by atoms with Crippen LogP contribution in [0.3, 0.4) is 0 Å². The van der Waals surface area contributed by atoms with E-state index in [0.29, 0.717) is 12.8 Å². The summed E-state index contributed by atoms with van der Waals surface area (Å²) in [5.74, 6) is -0.155. The summed E-state index contributed by atoms with van der Waals surface area (Å²) in [6.45, 7) is 4.24. The van der Waals surface area contributed by atoms with Gasteiger partial charge in [0.1, 0.15) is 0 Å². The molecule has 1 amide bonds. The topological polar surface area (TPSA) is 131 Å². The van der Waals surface area contributed by atoms with Gasteiger partial charge in [0, 0.05) is 13.0 Å². The van der Waals surface area contributed by atoms with Gasteiger partial charge in [-0.1, -0.05) is 290 Å². The van der Waals surface area contributed by atoms with E-state index in [-0.39, 0.29) is 25.7 Å². The van der Waals surface area contributed by atoms with Crippen LogP contribution in [0.2, 0.25) is 0 Å². The van der Waals surface area contributed by atoms with Crippen LogP contribution in [0.1, 0.15) is 309 Å². The van der Waals surface area contributed by atoms with Gasteiger partial charge in [0.2, 0.25) is 5.91 Å². The van der Waals surface area contributed by atoms with E-state index in [0.717, 1.165) is 38.5 Å². The van der Waals surface area contributed by atoms with Crippen molar-refractivity contribution in [1.29, 1.82) is 0 Å². The molecule has 3 atom stereocenters. The van der Waals surface area contributed by atoms with Gasteiger partial charge in [-0.05, 0) is 12.8 Å². The number of aliphatic hydroxyl groups excluding tert-OH is 1. The van der Waals surface area contributed by atoms with Crippen LogP contribution in [0.25, 0.3) is 0 Å². The molecule has 0 saturated heterocycles. The minimum absolute atomic E-state index is 0.0925. The highest BCUT2D eigenvalue weighted by Crippen LogP contribution is 2.43. The minimum Gasteiger partial charge on any atom is -0.391 e. The quantitative estimate of drug-likeness (QED) is 0.0353. The molecule has 0 fully saturated rings. The van der Waals surface area contributed by atoms with Crippen LogP contribution in [-0.2, 0) is 18.4 Å². The number of rotatable bonds is 54. The van der Waals surface area contributed by atoms with Gasteiger partial charge < -0.3 is 21.1 Å². The maximum atomic E-state index is 12.8. The van der Waals surface area contributed by atoms with Gasteiger partial charge in [0.25, 0.3) is 0 Å². The molecule has 0 aliphatic carbocycles. The van der Waals surface area contributed by atoms with E-state index >= 15 is 0 Å². The smallest absolute Gasteiger partial charge is 0.391 e. The zero-order valence-corrected chi connectivity index (χ0v) is 43.2. The molecule has 63 heavy (non-hydrogen) atoms. The highest BCUT2D eigenvalue weighted by Gasteiger charge is 2.27. The predicted octanol–water partition coefficient (Wildman–Crippen LogP) is 16.9. The van der Waals surface area contributed by atoms with Crippen molar-refractivity contribution in [3.63, 3.8) is 0 Å². The number of unbranched alkanes of at least 4 members (excludes halogenated alkanes) is 42. The first-order valence-corrected chi connectivity index (χ1v) is 29.6. The summed E-state index contributed by atoms with van der Waals surface area (Å²) in [5.41, 5.74) is 5.39. The average molecular weight is 915 g/mol. The fourth-order valence-electron chi connectivity index (χ4n) is 8.97. The number of amides is 1. The summed E-state index contributed by atoms with van der Waals surface area (Å²) in [6, 6.07) is -0.767. The molecular weight excluding hydrogens is 804 g/mol. The largest absolute Gasteiger partial charge is 0.472 e. The van der Waals surface area contributed by atoms with Crippen LogP contribution in [0.4, 0.5) is 0 Å². The van der Waals surface area contributed by atoms with Crippen LogP contribution in [0, 0.1) is 0 Å². The van der Waals surface area contributed by atoms with E-state index in [1.54, 1.807) is 0 Å². The molecule has 0 aromatic carbocycles. The molecule has 0 aliphatic heterocycles. The van der Waals surface area contributed by atoms with Gasteiger partial charge in [-0.3, -0.25) is 13.8 Å². The van der Waals surface area contributed by atoms with Crippen molar-refractivity contribution in [2.24, 2.45) is 5.73 Å². The molecule has 378 valence electrons. The molecule has 0 heterocycles. The lowest BCUT2D eigenvalue weighted by Gasteiger charge is -2.25. The third-order valence-corrected chi connectivity index (χ3v) is 14.2. The van der Waals surface area contributed by atoms with Gasteiger partial charge in [-0.25, -0.2) is 4.57 Å². The molecule has 0 aromatic rings. The van der Waals surface area contributed by atoms with E-state index in [2.05, 4.69) is 19.2 Å². The van der Waals surface area contributed by atoms with Crippen LogP contribution in [-0.4, -0.2) is 47.8 Å². The summed E-state index contributed by atoms with van der Waals surface area (Å²) in [4.78, 5) is 22.8. The first kappa shape index (κ1) is 62.5. The highest BCUT2D eigenvalue weighted by atomic mass is 31.2. The summed E-state index contributed by atoms with van der Waals surface area (Å²) in [7, 11) is -4.31. The van der Waals surface area contributed by atoms with E-state index < -0.39 is 20.0 Å². The molecule has 5 N–H and O–H groups in total. The number of hydrogen-bond donors (Lipinski definition) is 4. The third kappa shape index (κ3) is 49.2. The first-order chi connectivity index (χ1) is 30.9. The molecule has 0 rings (SSSR count). The number of hydrogen-bond acceptors (Lipinski definition) is 6. The Morgan fingerprint density at radius 1 is 0.460 bits per heavy atom. The second-order valence-electron chi connectivity index (χ2n) is 19.5. The lowest BCUT2D eigenvalue weighted by atomic mass is 10.0. The summed E-state index contributed by atoms with van der Waals surface area (Å²) < 4.78 is 22.2. The molecule has 0 aromatic heterocycles. The Morgan fingerprint density at radius 2 is 0.730 bits per heavy atom.